The Hall–Kier alpha value is -0.900. The minimum absolute atomic E-state index is 0.796. The lowest BCUT2D eigenvalue weighted by molar-refractivity contribution is 0.199. The lowest BCUT2D eigenvalue weighted by Gasteiger charge is -2.06. The predicted molar refractivity (Wildman–Crippen MR) is 81.7 cm³/mol. The number of ether oxygens (including phenoxy) is 1. The summed E-state index contributed by atoms with van der Waals surface area (Å²) < 4.78 is 4.97. The fourth-order valence-electron chi connectivity index (χ4n) is 2.05. The molecule has 0 bridgehead atoms. The Balaban J connectivity index is 1.89. The maximum atomic E-state index is 4.97. The SMILES string of the molecule is COCCNCCCNCCCc1cccc(C)c1. The largest absolute Gasteiger partial charge is 0.383 e. The molecule has 2 N–H and O–H groups in total. The molecule has 0 saturated carbocycles. The second kappa shape index (κ2) is 11.0. The van der Waals surface area contributed by atoms with Gasteiger partial charge < -0.3 is 15.4 Å². The summed E-state index contributed by atoms with van der Waals surface area (Å²) in [5.74, 6) is 0. The molecule has 0 heterocycles. The second-order valence-electron chi connectivity index (χ2n) is 4.94. The van der Waals surface area contributed by atoms with E-state index in [0.29, 0.717) is 0 Å². The first-order valence-electron chi connectivity index (χ1n) is 7.29. The Bertz CT molecular complexity index is 328. The summed E-state index contributed by atoms with van der Waals surface area (Å²) in [5, 5.41) is 6.83. The summed E-state index contributed by atoms with van der Waals surface area (Å²) in [6, 6.07) is 8.79. The topological polar surface area (TPSA) is 33.3 Å². The molecular formula is C16H28N2O. The van der Waals surface area contributed by atoms with Gasteiger partial charge in [0.15, 0.2) is 0 Å². The summed E-state index contributed by atoms with van der Waals surface area (Å²) in [4.78, 5) is 0. The first-order valence-corrected chi connectivity index (χ1v) is 7.29. The van der Waals surface area contributed by atoms with E-state index in [0.717, 1.165) is 32.8 Å². The highest BCUT2D eigenvalue weighted by Gasteiger charge is 1.94. The normalized spacial score (nSPS) is 10.8. The number of methoxy groups -OCH3 is 1. The quantitative estimate of drug-likeness (QED) is 0.601. The van der Waals surface area contributed by atoms with Gasteiger partial charge in [-0.05, 0) is 51.4 Å². The second-order valence-corrected chi connectivity index (χ2v) is 4.94. The van der Waals surface area contributed by atoms with Crippen molar-refractivity contribution in [1.29, 1.82) is 0 Å². The third-order valence-electron chi connectivity index (χ3n) is 3.09. The highest BCUT2D eigenvalue weighted by atomic mass is 16.5. The van der Waals surface area contributed by atoms with E-state index in [1.54, 1.807) is 7.11 Å². The van der Waals surface area contributed by atoms with Gasteiger partial charge in [-0.2, -0.15) is 0 Å². The van der Waals surface area contributed by atoms with Crippen LogP contribution in [0.25, 0.3) is 0 Å². The molecule has 19 heavy (non-hydrogen) atoms. The van der Waals surface area contributed by atoms with E-state index < -0.39 is 0 Å². The van der Waals surface area contributed by atoms with E-state index >= 15 is 0 Å². The molecule has 0 atom stereocenters. The molecule has 0 saturated heterocycles. The molecule has 1 aromatic carbocycles. The van der Waals surface area contributed by atoms with Crippen LogP contribution < -0.4 is 10.6 Å². The summed E-state index contributed by atoms with van der Waals surface area (Å²) in [6.07, 6.45) is 3.55. The molecule has 0 radical (unpaired) electrons. The van der Waals surface area contributed by atoms with Gasteiger partial charge >= 0.3 is 0 Å². The van der Waals surface area contributed by atoms with Crippen molar-refractivity contribution < 1.29 is 4.74 Å². The van der Waals surface area contributed by atoms with Gasteiger partial charge in [0.1, 0.15) is 0 Å². The summed E-state index contributed by atoms with van der Waals surface area (Å²) in [5.41, 5.74) is 2.80. The van der Waals surface area contributed by atoms with Crippen molar-refractivity contribution in [3.05, 3.63) is 35.4 Å². The molecule has 0 aromatic heterocycles. The third-order valence-corrected chi connectivity index (χ3v) is 3.09. The molecule has 0 spiro atoms. The molecule has 3 heteroatoms. The lowest BCUT2D eigenvalue weighted by Crippen LogP contribution is -2.25. The molecule has 0 aliphatic rings. The average molecular weight is 264 g/mol. The number of benzene rings is 1. The minimum atomic E-state index is 0.796. The number of aryl methyl sites for hydroxylation is 2. The van der Waals surface area contributed by atoms with Gasteiger partial charge in [0.05, 0.1) is 6.61 Å². The number of nitrogens with one attached hydrogen (secondary N) is 2. The maximum absolute atomic E-state index is 4.97. The molecule has 0 fully saturated rings. The summed E-state index contributed by atoms with van der Waals surface area (Å²) in [7, 11) is 1.73. The third kappa shape index (κ3) is 8.76. The smallest absolute Gasteiger partial charge is 0.0587 e. The number of hydrogen-bond acceptors (Lipinski definition) is 3. The average Bonchev–Trinajstić information content (AvgIpc) is 2.41. The van der Waals surface area contributed by atoms with E-state index in [1.165, 1.54) is 30.4 Å². The molecule has 1 rings (SSSR count). The van der Waals surface area contributed by atoms with Crippen LogP contribution in [0.5, 0.6) is 0 Å². The number of rotatable bonds is 11. The van der Waals surface area contributed by atoms with Crippen LogP contribution in [0.4, 0.5) is 0 Å². The number of hydrogen-bond donors (Lipinski definition) is 2. The van der Waals surface area contributed by atoms with E-state index in [2.05, 4.69) is 41.8 Å². The minimum Gasteiger partial charge on any atom is -0.383 e. The highest BCUT2D eigenvalue weighted by Crippen LogP contribution is 2.05. The van der Waals surface area contributed by atoms with Crippen LogP contribution in [0, 0.1) is 6.92 Å². The van der Waals surface area contributed by atoms with Crippen molar-refractivity contribution in [1.82, 2.24) is 10.6 Å². The Morgan fingerprint density at radius 3 is 2.47 bits per heavy atom. The van der Waals surface area contributed by atoms with Gasteiger partial charge in [0.25, 0.3) is 0 Å². The molecule has 3 nitrogen and oxygen atoms in total. The Morgan fingerprint density at radius 2 is 1.74 bits per heavy atom. The summed E-state index contributed by atoms with van der Waals surface area (Å²) in [6.45, 7) is 7.15. The van der Waals surface area contributed by atoms with Gasteiger partial charge in [-0.15, -0.1) is 0 Å². The van der Waals surface area contributed by atoms with E-state index in [1.807, 2.05) is 0 Å². The van der Waals surface area contributed by atoms with Crippen LogP contribution in [-0.4, -0.2) is 39.9 Å². The molecule has 1 aromatic rings. The molecule has 0 amide bonds. The standard InChI is InChI=1S/C16H28N2O/c1-15-6-3-7-16(14-15)8-4-9-17-10-5-11-18-12-13-19-2/h3,6-7,14,17-18H,4-5,8-13H2,1-2H3. The van der Waals surface area contributed by atoms with Crippen LogP contribution in [-0.2, 0) is 11.2 Å². The van der Waals surface area contributed by atoms with E-state index in [9.17, 15) is 0 Å². The fraction of sp³-hybridized carbons (Fsp3) is 0.625. The zero-order valence-corrected chi connectivity index (χ0v) is 12.4. The van der Waals surface area contributed by atoms with Crippen LogP contribution in [0.3, 0.4) is 0 Å². The van der Waals surface area contributed by atoms with Crippen LogP contribution in [0.2, 0.25) is 0 Å². The van der Waals surface area contributed by atoms with Crippen molar-refractivity contribution in [3.8, 4) is 0 Å². The Labute approximate surface area is 117 Å². The Morgan fingerprint density at radius 1 is 1.00 bits per heavy atom. The van der Waals surface area contributed by atoms with Gasteiger partial charge in [0.2, 0.25) is 0 Å². The maximum Gasteiger partial charge on any atom is 0.0587 e. The van der Waals surface area contributed by atoms with Crippen LogP contribution >= 0.6 is 0 Å². The molecular weight excluding hydrogens is 236 g/mol. The van der Waals surface area contributed by atoms with Gasteiger partial charge in [-0.3, -0.25) is 0 Å². The molecule has 0 unspecified atom stereocenters. The van der Waals surface area contributed by atoms with Crippen molar-refractivity contribution in [2.45, 2.75) is 26.2 Å². The zero-order valence-electron chi connectivity index (χ0n) is 12.4. The predicted octanol–water partition coefficient (Wildman–Crippen LogP) is 2.14. The van der Waals surface area contributed by atoms with Crippen molar-refractivity contribution >= 4 is 0 Å². The van der Waals surface area contributed by atoms with Gasteiger partial charge in [0, 0.05) is 13.7 Å². The monoisotopic (exact) mass is 264 g/mol. The summed E-state index contributed by atoms with van der Waals surface area (Å²) >= 11 is 0. The first kappa shape index (κ1) is 16.2. The Kier molecular flexibility index (Phi) is 9.33. The molecule has 108 valence electrons. The van der Waals surface area contributed by atoms with Crippen LogP contribution in [0.1, 0.15) is 24.0 Å². The first-order chi connectivity index (χ1) is 9.33. The lowest BCUT2D eigenvalue weighted by atomic mass is 10.1. The van der Waals surface area contributed by atoms with Crippen molar-refractivity contribution in [3.63, 3.8) is 0 Å². The molecule has 0 aliphatic carbocycles. The zero-order chi connectivity index (χ0) is 13.8. The fourth-order valence-corrected chi connectivity index (χ4v) is 2.05. The van der Waals surface area contributed by atoms with E-state index in [-0.39, 0.29) is 0 Å². The van der Waals surface area contributed by atoms with Gasteiger partial charge in [-0.1, -0.05) is 29.8 Å². The highest BCUT2D eigenvalue weighted by molar-refractivity contribution is 5.22. The van der Waals surface area contributed by atoms with Crippen LogP contribution in [0.15, 0.2) is 24.3 Å². The van der Waals surface area contributed by atoms with E-state index in [4.69, 9.17) is 4.74 Å². The van der Waals surface area contributed by atoms with Crippen molar-refractivity contribution in [2.75, 3.05) is 39.9 Å². The van der Waals surface area contributed by atoms with Gasteiger partial charge in [-0.25, -0.2) is 0 Å². The molecule has 0 aliphatic heterocycles. The van der Waals surface area contributed by atoms with Crippen molar-refractivity contribution in [2.24, 2.45) is 0 Å².